The zero-order chi connectivity index (χ0) is 21.6. The lowest BCUT2D eigenvalue weighted by Gasteiger charge is -2.09. The number of allylic oxidation sites excluding steroid dienone is 1. The van der Waals surface area contributed by atoms with Gasteiger partial charge in [-0.15, -0.1) is 10.2 Å². The van der Waals surface area contributed by atoms with Gasteiger partial charge in [-0.2, -0.15) is 0 Å². The third kappa shape index (κ3) is 5.13. The molecule has 0 saturated carbocycles. The largest absolute Gasteiger partial charge is 0.510 e. The molecule has 1 amide bonds. The van der Waals surface area contributed by atoms with Crippen molar-refractivity contribution in [2.45, 2.75) is 6.92 Å². The van der Waals surface area contributed by atoms with E-state index in [9.17, 15) is 29.9 Å². The monoisotopic (exact) mass is 400 g/mol. The number of nitrogens with one attached hydrogen (secondary N) is 1. The Balaban J connectivity index is 2.32. The fourth-order valence-corrected chi connectivity index (χ4v) is 2.21. The average molecular weight is 400 g/mol. The third-order valence-corrected chi connectivity index (χ3v) is 3.60. The first-order valence-electron chi connectivity index (χ1n) is 8.02. The molecule has 3 N–H and O–H groups in total. The van der Waals surface area contributed by atoms with E-state index in [-0.39, 0.29) is 28.4 Å². The van der Waals surface area contributed by atoms with Gasteiger partial charge in [0.15, 0.2) is 11.4 Å². The molecule has 11 nitrogen and oxygen atoms in total. The highest BCUT2D eigenvalue weighted by Crippen LogP contribution is 2.32. The average Bonchev–Trinajstić information content (AvgIpc) is 2.68. The van der Waals surface area contributed by atoms with Crippen molar-refractivity contribution in [2.75, 3.05) is 12.4 Å². The Morgan fingerprint density at radius 1 is 1.17 bits per heavy atom. The number of aliphatic hydroxyl groups excluding tert-OH is 1. The van der Waals surface area contributed by atoms with Crippen LogP contribution in [0, 0.1) is 10.1 Å². The molecule has 0 spiro atoms. The van der Waals surface area contributed by atoms with Crippen LogP contribution in [0.15, 0.2) is 64.1 Å². The van der Waals surface area contributed by atoms with Gasteiger partial charge in [-0.25, -0.2) is 4.79 Å². The van der Waals surface area contributed by atoms with Crippen molar-refractivity contribution in [1.82, 2.24) is 0 Å². The number of hydrogen-bond acceptors (Lipinski definition) is 8. The van der Waals surface area contributed by atoms with Gasteiger partial charge in [0.1, 0.15) is 11.4 Å². The van der Waals surface area contributed by atoms with Crippen molar-refractivity contribution in [3.05, 3.63) is 69.6 Å². The minimum atomic E-state index is -1.25. The number of nitro benzene ring substituents is 1. The van der Waals surface area contributed by atoms with E-state index < -0.39 is 28.3 Å². The summed E-state index contributed by atoms with van der Waals surface area (Å²) in [7, 11) is 1.28. The molecular formula is C18H16N4O7. The van der Waals surface area contributed by atoms with Gasteiger partial charge in [-0.05, 0) is 25.1 Å². The van der Waals surface area contributed by atoms with Crippen molar-refractivity contribution in [2.24, 2.45) is 10.2 Å². The molecule has 0 aliphatic heterocycles. The molecule has 0 aliphatic carbocycles. The maximum atomic E-state index is 12.5. The van der Waals surface area contributed by atoms with Gasteiger partial charge < -0.3 is 20.3 Å². The molecule has 150 valence electrons. The highest BCUT2D eigenvalue weighted by Gasteiger charge is 2.18. The summed E-state index contributed by atoms with van der Waals surface area (Å²) in [6.07, 6.45) is 0. The van der Waals surface area contributed by atoms with E-state index in [0.717, 1.165) is 6.07 Å². The van der Waals surface area contributed by atoms with Crippen LogP contribution in [0.2, 0.25) is 0 Å². The summed E-state index contributed by atoms with van der Waals surface area (Å²) in [4.78, 5) is 33.9. The van der Waals surface area contributed by atoms with Gasteiger partial charge in [0.25, 0.3) is 11.6 Å². The number of anilines is 1. The minimum Gasteiger partial charge on any atom is -0.510 e. The summed E-state index contributed by atoms with van der Waals surface area (Å²) >= 11 is 0. The van der Waals surface area contributed by atoms with Crippen LogP contribution in [0.4, 0.5) is 17.1 Å². The number of non-ortho nitro benzene ring substituents is 1. The number of para-hydroxylation sites is 1. The third-order valence-electron chi connectivity index (χ3n) is 3.60. The van der Waals surface area contributed by atoms with Crippen molar-refractivity contribution in [3.63, 3.8) is 0 Å². The second kappa shape index (κ2) is 9.08. The molecule has 0 radical (unpaired) electrons. The molecule has 0 aromatic heterocycles. The maximum absolute atomic E-state index is 12.5. The van der Waals surface area contributed by atoms with Gasteiger partial charge in [-0.1, -0.05) is 12.1 Å². The number of carbonyl (C=O) groups excluding carboxylic acids is 1. The van der Waals surface area contributed by atoms with Crippen molar-refractivity contribution >= 4 is 28.9 Å². The van der Waals surface area contributed by atoms with Crippen LogP contribution in [0.3, 0.4) is 0 Å². The van der Waals surface area contributed by atoms with E-state index in [0.29, 0.717) is 0 Å². The number of nitrogens with zero attached hydrogens (tertiary/aromatic N) is 3. The molecule has 0 atom stereocenters. The number of carboxylic acid groups (broad SMARTS) is 1. The summed E-state index contributed by atoms with van der Waals surface area (Å²) in [5.41, 5.74) is -0.768. The number of ether oxygens (including phenoxy) is 1. The van der Waals surface area contributed by atoms with Crippen LogP contribution in [0.25, 0.3) is 0 Å². The van der Waals surface area contributed by atoms with Gasteiger partial charge in [0, 0.05) is 6.07 Å². The summed E-state index contributed by atoms with van der Waals surface area (Å²) in [5, 5.41) is 39.6. The first-order valence-corrected chi connectivity index (χ1v) is 8.02. The Morgan fingerprint density at radius 2 is 1.86 bits per heavy atom. The summed E-state index contributed by atoms with van der Waals surface area (Å²) in [5.74, 6) is -2.58. The Kier molecular flexibility index (Phi) is 6.58. The molecule has 0 saturated heterocycles. The predicted molar refractivity (Wildman–Crippen MR) is 102 cm³/mol. The number of amides is 1. The smallest absolute Gasteiger partial charge is 0.337 e. The number of azo groups is 1. The minimum absolute atomic E-state index is 0.00636. The second-order valence-corrected chi connectivity index (χ2v) is 5.55. The zero-order valence-electron chi connectivity index (χ0n) is 15.3. The van der Waals surface area contributed by atoms with Crippen LogP contribution in [-0.4, -0.2) is 34.1 Å². The van der Waals surface area contributed by atoms with Crippen molar-refractivity contribution < 1.29 is 29.5 Å². The first kappa shape index (κ1) is 21.0. The van der Waals surface area contributed by atoms with Crippen LogP contribution in [0.5, 0.6) is 5.75 Å². The molecular weight excluding hydrogens is 384 g/mol. The number of aromatic carboxylic acids is 1. The number of benzene rings is 2. The Labute approximate surface area is 164 Å². The molecule has 0 heterocycles. The van der Waals surface area contributed by atoms with Crippen molar-refractivity contribution in [3.8, 4) is 5.75 Å². The molecule has 2 rings (SSSR count). The molecule has 2 aromatic carbocycles. The topological polar surface area (TPSA) is 164 Å². The number of aliphatic hydroxyl groups is 1. The fourth-order valence-electron chi connectivity index (χ4n) is 2.21. The van der Waals surface area contributed by atoms with E-state index in [1.165, 1.54) is 50.4 Å². The van der Waals surface area contributed by atoms with E-state index in [1.54, 1.807) is 0 Å². The number of hydrogen-bond donors (Lipinski definition) is 3. The van der Waals surface area contributed by atoms with E-state index >= 15 is 0 Å². The Hall–Kier alpha value is -4.28. The van der Waals surface area contributed by atoms with Crippen molar-refractivity contribution in [1.29, 1.82) is 0 Å². The van der Waals surface area contributed by atoms with Crippen LogP contribution in [-0.2, 0) is 4.79 Å². The summed E-state index contributed by atoms with van der Waals surface area (Å²) in [6.45, 7) is 1.20. The van der Waals surface area contributed by atoms with Crippen LogP contribution in [0.1, 0.15) is 17.3 Å². The quantitative estimate of drug-likeness (QED) is 0.209. The highest BCUT2D eigenvalue weighted by atomic mass is 16.6. The number of carbonyl (C=O) groups is 2. The molecule has 0 unspecified atom stereocenters. The maximum Gasteiger partial charge on any atom is 0.337 e. The molecule has 11 heteroatoms. The van der Waals surface area contributed by atoms with Gasteiger partial charge in [0.05, 0.1) is 29.4 Å². The number of nitro groups is 1. The normalized spacial score (nSPS) is 11.7. The Morgan fingerprint density at radius 3 is 2.45 bits per heavy atom. The van der Waals surface area contributed by atoms with Gasteiger partial charge in [-0.3, -0.25) is 14.9 Å². The molecule has 0 fully saturated rings. The number of carboxylic acids is 1. The lowest BCUT2D eigenvalue weighted by Crippen LogP contribution is -2.17. The molecule has 29 heavy (non-hydrogen) atoms. The van der Waals surface area contributed by atoms with E-state index in [2.05, 4.69) is 15.5 Å². The molecule has 2 aromatic rings. The SMILES string of the molecule is COc1cc([N+](=O)[O-])ccc1N=N/C(C(=O)Nc1ccccc1C(=O)O)=C(\C)O. The van der Waals surface area contributed by atoms with Gasteiger partial charge >= 0.3 is 5.97 Å². The lowest BCUT2D eigenvalue weighted by molar-refractivity contribution is -0.384. The zero-order valence-corrected chi connectivity index (χ0v) is 15.3. The second-order valence-electron chi connectivity index (χ2n) is 5.55. The van der Waals surface area contributed by atoms with E-state index in [1.807, 2.05) is 0 Å². The summed E-state index contributed by atoms with van der Waals surface area (Å²) < 4.78 is 5.02. The molecule has 0 aliphatic rings. The fraction of sp³-hybridized carbons (Fsp3) is 0.111. The number of methoxy groups -OCH3 is 1. The number of rotatable bonds is 7. The van der Waals surface area contributed by atoms with E-state index in [4.69, 9.17) is 4.74 Å². The summed E-state index contributed by atoms with van der Waals surface area (Å²) in [6, 6.07) is 9.27. The Bertz CT molecular complexity index is 1030. The first-order chi connectivity index (χ1) is 13.7. The van der Waals surface area contributed by atoms with Gasteiger partial charge in [0.2, 0.25) is 0 Å². The predicted octanol–water partition coefficient (Wildman–Crippen LogP) is 3.81. The highest BCUT2D eigenvalue weighted by molar-refractivity contribution is 6.07. The standard InChI is InChI=1S/C18H16N4O7/c1-10(23)16(17(24)19-13-6-4-3-5-12(13)18(25)26)21-20-14-8-7-11(22(27)28)9-15(14)29-2/h3-9,23H,1-2H3,(H,19,24)(H,25,26)/b16-10+,21-20?. The van der Waals surface area contributed by atoms with Crippen LogP contribution < -0.4 is 10.1 Å². The lowest BCUT2D eigenvalue weighted by atomic mass is 10.1. The molecule has 0 bridgehead atoms. The van der Waals surface area contributed by atoms with Crippen LogP contribution >= 0.6 is 0 Å².